The predicted octanol–water partition coefficient (Wildman–Crippen LogP) is 1.65. The van der Waals surface area contributed by atoms with Crippen LogP contribution in [0.2, 0.25) is 0 Å². The lowest BCUT2D eigenvalue weighted by Crippen LogP contribution is -2.42. The minimum atomic E-state index is -1.19. The predicted molar refractivity (Wildman–Crippen MR) is 73.2 cm³/mol. The molecule has 5 nitrogen and oxygen atoms in total. The molecule has 0 unspecified atom stereocenters. The van der Waals surface area contributed by atoms with Gasteiger partial charge in [-0.2, -0.15) is 0 Å². The number of carbonyl (C=O) groups excluding carboxylic acids is 1. The Labute approximate surface area is 120 Å². The van der Waals surface area contributed by atoms with Crippen molar-refractivity contribution in [1.29, 1.82) is 0 Å². The zero-order valence-electron chi connectivity index (χ0n) is 11.0. The van der Waals surface area contributed by atoms with Crippen molar-refractivity contribution < 1.29 is 19.1 Å². The Morgan fingerprint density at radius 1 is 1.24 bits per heavy atom. The van der Waals surface area contributed by atoms with Crippen LogP contribution in [0.1, 0.15) is 16.1 Å². The molecular weight excluding hydrogens is 275 g/mol. The van der Waals surface area contributed by atoms with E-state index in [1.165, 1.54) is 30.5 Å². The highest BCUT2D eigenvalue weighted by molar-refractivity contribution is 5.94. The smallest absolute Gasteiger partial charge is 0.326 e. The molecule has 0 aliphatic rings. The highest BCUT2D eigenvalue weighted by Gasteiger charge is 2.21. The molecule has 1 atom stereocenters. The van der Waals surface area contributed by atoms with Crippen LogP contribution in [0.15, 0.2) is 48.7 Å². The summed E-state index contributed by atoms with van der Waals surface area (Å²) in [6.07, 6.45) is 1.43. The normalized spacial score (nSPS) is 11.7. The third-order valence-electron chi connectivity index (χ3n) is 2.83. The van der Waals surface area contributed by atoms with E-state index >= 15 is 0 Å². The Hall–Kier alpha value is -2.76. The number of hydrogen-bond donors (Lipinski definition) is 2. The second-order valence-electron chi connectivity index (χ2n) is 4.41. The fraction of sp³-hybridized carbons (Fsp3) is 0.133. The number of rotatable bonds is 5. The first-order valence-electron chi connectivity index (χ1n) is 6.25. The second kappa shape index (κ2) is 6.60. The summed E-state index contributed by atoms with van der Waals surface area (Å²) in [6.45, 7) is 0. The van der Waals surface area contributed by atoms with Crippen molar-refractivity contribution in [1.82, 2.24) is 10.3 Å². The molecule has 2 aromatic rings. The summed E-state index contributed by atoms with van der Waals surface area (Å²) in [4.78, 5) is 27.0. The summed E-state index contributed by atoms with van der Waals surface area (Å²) in [5.41, 5.74) is 0.617. The summed E-state index contributed by atoms with van der Waals surface area (Å²) in [7, 11) is 0. The molecule has 2 rings (SSSR count). The zero-order valence-corrected chi connectivity index (χ0v) is 11.0. The van der Waals surface area contributed by atoms with Gasteiger partial charge in [-0.15, -0.1) is 0 Å². The second-order valence-corrected chi connectivity index (χ2v) is 4.41. The minimum Gasteiger partial charge on any atom is -0.480 e. The first-order chi connectivity index (χ1) is 10.1. The number of nitrogens with zero attached hydrogens (tertiary/aromatic N) is 1. The van der Waals surface area contributed by atoms with Crippen LogP contribution in [0, 0.1) is 5.82 Å². The van der Waals surface area contributed by atoms with Crippen LogP contribution in [-0.4, -0.2) is 28.0 Å². The van der Waals surface area contributed by atoms with Crippen molar-refractivity contribution >= 4 is 11.9 Å². The van der Waals surface area contributed by atoms with E-state index in [0.717, 1.165) is 0 Å². The zero-order chi connectivity index (χ0) is 15.2. The van der Waals surface area contributed by atoms with Gasteiger partial charge in [-0.1, -0.05) is 18.2 Å². The van der Waals surface area contributed by atoms with Gasteiger partial charge in [-0.3, -0.25) is 9.78 Å². The maximum atomic E-state index is 13.1. The van der Waals surface area contributed by atoms with Gasteiger partial charge in [0.25, 0.3) is 5.91 Å². The summed E-state index contributed by atoms with van der Waals surface area (Å²) < 4.78 is 13.1. The number of carboxylic acids is 1. The summed E-state index contributed by atoms with van der Waals surface area (Å²) in [5, 5.41) is 11.5. The van der Waals surface area contributed by atoms with Crippen molar-refractivity contribution in [3.8, 4) is 0 Å². The van der Waals surface area contributed by atoms with Crippen LogP contribution in [0.5, 0.6) is 0 Å². The standard InChI is InChI=1S/C15H13FN2O3/c16-11-5-3-4-10(8-11)9-13(15(20)21)18-14(19)12-6-1-2-7-17-12/h1-8,13H,9H2,(H,18,19)(H,20,21)/t13-/m1/s1. The van der Waals surface area contributed by atoms with E-state index in [2.05, 4.69) is 10.3 Å². The van der Waals surface area contributed by atoms with E-state index < -0.39 is 23.7 Å². The molecule has 1 amide bonds. The van der Waals surface area contributed by atoms with Gasteiger partial charge in [0.15, 0.2) is 0 Å². The van der Waals surface area contributed by atoms with Crippen molar-refractivity contribution in [3.05, 3.63) is 65.7 Å². The first-order valence-corrected chi connectivity index (χ1v) is 6.25. The van der Waals surface area contributed by atoms with Crippen LogP contribution in [-0.2, 0) is 11.2 Å². The molecule has 0 bridgehead atoms. The number of hydrogen-bond acceptors (Lipinski definition) is 3. The van der Waals surface area contributed by atoms with E-state index in [4.69, 9.17) is 0 Å². The number of amides is 1. The third kappa shape index (κ3) is 4.10. The molecule has 0 fully saturated rings. The highest BCUT2D eigenvalue weighted by atomic mass is 19.1. The molecule has 1 aromatic heterocycles. The monoisotopic (exact) mass is 288 g/mol. The number of halogens is 1. The Morgan fingerprint density at radius 2 is 2.05 bits per heavy atom. The molecule has 1 heterocycles. The molecule has 108 valence electrons. The molecule has 6 heteroatoms. The Balaban J connectivity index is 2.09. The number of carbonyl (C=O) groups is 2. The lowest BCUT2D eigenvalue weighted by atomic mass is 10.1. The van der Waals surface area contributed by atoms with Gasteiger partial charge in [0, 0.05) is 12.6 Å². The van der Waals surface area contributed by atoms with E-state index in [9.17, 15) is 19.1 Å². The van der Waals surface area contributed by atoms with Crippen molar-refractivity contribution in [3.63, 3.8) is 0 Å². The van der Waals surface area contributed by atoms with Gasteiger partial charge >= 0.3 is 5.97 Å². The average Bonchev–Trinajstić information content (AvgIpc) is 2.47. The van der Waals surface area contributed by atoms with Gasteiger partial charge in [-0.05, 0) is 29.8 Å². The number of aliphatic carboxylic acids is 1. The Kier molecular flexibility index (Phi) is 4.61. The van der Waals surface area contributed by atoms with Crippen molar-refractivity contribution in [2.75, 3.05) is 0 Å². The SMILES string of the molecule is O=C(N[C@H](Cc1cccc(F)c1)C(=O)O)c1ccccn1. The van der Waals surface area contributed by atoms with Gasteiger partial charge in [0.2, 0.25) is 0 Å². The first kappa shape index (κ1) is 14.6. The summed E-state index contributed by atoms with van der Waals surface area (Å²) in [5.74, 6) is -2.23. The quantitative estimate of drug-likeness (QED) is 0.876. The van der Waals surface area contributed by atoms with Gasteiger partial charge in [0.05, 0.1) is 0 Å². The lowest BCUT2D eigenvalue weighted by Gasteiger charge is -2.14. The lowest BCUT2D eigenvalue weighted by molar-refractivity contribution is -0.139. The molecule has 21 heavy (non-hydrogen) atoms. The number of pyridine rings is 1. The van der Waals surface area contributed by atoms with Gasteiger partial charge in [-0.25, -0.2) is 9.18 Å². The number of benzene rings is 1. The third-order valence-corrected chi connectivity index (χ3v) is 2.83. The number of nitrogens with one attached hydrogen (secondary N) is 1. The highest BCUT2D eigenvalue weighted by Crippen LogP contribution is 2.07. The van der Waals surface area contributed by atoms with Crippen LogP contribution < -0.4 is 5.32 Å². The molecule has 0 spiro atoms. The average molecular weight is 288 g/mol. The molecule has 2 N–H and O–H groups in total. The van der Waals surface area contributed by atoms with Crippen molar-refractivity contribution in [2.24, 2.45) is 0 Å². The van der Waals surface area contributed by atoms with Gasteiger partial charge in [0.1, 0.15) is 17.6 Å². The summed E-state index contributed by atoms with van der Waals surface area (Å²) >= 11 is 0. The molecule has 0 aliphatic heterocycles. The Morgan fingerprint density at radius 3 is 2.67 bits per heavy atom. The maximum Gasteiger partial charge on any atom is 0.326 e. The molecule has 0 aliphatic carbocycles. The van der Waals surface area contributed by atoms with E-state index in [1.54, 1.807) is 18.2 Å². The fourth-order valence-electron chi connectivity index (χ4n) is 1.83. The Bertz CT molecular complexity index is 646. The maximum absolute atomic E-state index is 13.1. The van der Waals surface area contributed by atoms with Gasteiger partial charge < -0.3 is 10.4 Å². The van der Waals surface area contributed by atoms with Crippen LogP contribution in [0.25, 0.3) is 0 Å². The van der Waals surface area contributed by atoms with E-state index in [1.807, 2.05) is 0 Å². The van der Waals surface area contributed by atoms with E-state index in [-0.39, 0.29) is 12.1 Å². The van der Waals surface area contributed by atoms with Crippen LogP contribution in [0.4, 0.5) is 4.39 Å². The number of aromatic nitrogens is 1. The van der Waals surface area contributed by atoms with Crippen LogP contribution in [0.3, 0.4) is 0 Å². The molecule has 0 radical (unpaired) electrons. The summed E-state index contributed by atoms with van der Waals surface area (Å²) in [6, 6.07) is 9.21. The van der Waals surface area contributed by atoms with E-state index in [0.29, 0.717) is 5.56 Å². The largest absolute Gasteiger partial charge is 0.480 e. The molecule has 0 saturated carbocycles. The number of carboxylic acid groups (broad SMARTS) is 1. The molecule has 0 saturated heterocycles. The topological polar surface area (TPSA) is 79.3 Å². The van der Waals surface area contributed by atoms with Crippen LogP contribution >= 0.6 is 0 Å². The minimum absolute atomic E-state index is 0.00827. The molecular formula is C15H13FN2O3. The van der Waals surface area contributed by atoms with Crippen molar-refractivity contribution in [2.45, 2.75) is 12.5 Å². The fourth-order valence-corrected chi connectivity index (χ4v) is 1.83. The molecule has 1 aromatic carbocycles.